The molecule has 174 valence electrons. The standard InChI is InChI=1S/C26H25N3O4S/c30-23(15-16-24(31)33-18-17-19-7-3-1-4-8-19)29-26(34)28-22-13-11-21(12-14-22)27-25(32)20-9-5-2-6-10-20/h1-14H,15-18H2,(H,27,32)(H2,28,29,30,34). The third kappa shape index (κ3) is 8.48. The van der Waals surface area contributed by atoms with Crippen LogP contribution in [0.4, 0.5) is 11.4 Å². The fourth-order valence-corrected chi connectivity index (χ4v) is 3.23. The van der Waals surface area contributed by atoms with Crippen LogP contribution >= 0.6 is 12.2 Å². The molecule has 0 fully saturated rings. The third-order valence-electron chi connectivity index (χ3n) is 4.74. The molecule has 8 heteroatoms. The van der Waals surface area contributed by atoms with Crippen LogP contribution in [0.25, 0.3) is 0 Å². The van der Waals surface area contributed by atoms with Crippen molar-refractivity contribution in [2.75, 3.05) is 17.2 Å². The Balaban J connectivity index is 1.34. The van der Waals surface area contributed by atoms with E-state index in [1.165, 1.54) is 0 Å². The van der Waals surface area contributed by atoms with E-state index in [9.17, 15) is 14.4 Å². The number of hydrogen-bond donors (Lipinski definition) is 3. The summed E-state index contributed by atoms with van der Waals surface area (Å²) in [4.78, 5) is 36.1. The van der Waals surface area contributed by atoms with Crippen LogP contribution in [0.3, 0.4) is 0 Å². The lowest BCUT2D eigenvalue weighted by atomic mass is 10.2. The smallest absolute Gasteiger partial charge is 0.306 e. The Labute approximate surface area is 203 Å². The summed E-state index contributed by atoms with van der Waals surface area (Å²) in [6, 6.07) is 25.5. The van der Waals surface area contributed by atoms with E-state index in [1.807, 2.05) is 36.4 Å². The van der Waals surface area contributed by atoms with Gasteiger partial charge in [0, 0.05) is 29.8 Å². The maximum Gasteiger partial charge on any atom is 0.306 e. The summed E-state index contributed by atoms with van der Waals surface area (Å²) < 4.78 is 5.17. The first-order chi connectivity index (χ1) is 16.5. The van der Waals surface area contributed by atoms with Crippen molar-refractivity contribution in [1.29, 1.82) is 0 Å². The van der Waals surface area contributed by atoms with Crippen molar-refractivity contribution in [1.82, 2.24) is 5.32 Å². The normalized spacial score (nSPS) is 10.1. The molecular weight excluding hydrogens is 450 g/mol. The van der Waals surface area contributed by atoms with E-state index >= 15 is 0 Å². The van der Waals surface area contributed by atoms with E-state index < -0.39 is 5.97 Å². The number of benzene rings is 3. The molecule has 0 spiro atoms. The Morgan fingerprint density at radius 3 is 1.97 bits per heavy atom. The monoisotopic (exact) mass is 475 g/mol. The molecule has 0 saturated heterocycles. The number of esters is 1. The molecule has 34 heavy (non-hydrogen) atoms. The van der Waals surface area contributed by atoms with Crippen LogP contribution in [0.2, 0.25) is 0 Å². The predicted octanol–water partition coefficient (Wildman–Crippen LogP) is 4.32. The Kier molecular flexibility index (Phi) is 9.30. The second-order valence-corrected chi connectivity index (χ2v) is 7.76. The maximum atomic E-state index is 12.2. The molecule has 0 unspecified atom stereocenters. The minimum Gasteiger partial charge on any atom is -0.465 e. The van der Waals surface area contributed by atoms with Crippen molar-refractivity contribution in [3.05, 3.63) is 96.1 Å². The van der Waals surface area contributed by atoms with Gasteiger partial charge in [-0.2, -0.15) is 0 Å². The Bertz CT molecular complexity index is 1120. The fourth-order valence-electron chi connectivity index (χ4n) is 3.00. The van der Waals surface area contributed by atoms with Crippen LogP contribution in [0.5, 0.6) is 0 Å². The van der Waals surface area contributed by atoms with Gasteiger partial charge < -0.3 is 20.7 Å². The lowest BCUT2D eigenvalue weighted by Gasteiger charge is -2.11. The molecule has 0 bridgehead atoms. The van der Waals surface area contributed by atoms with Gasteiger partial charge >= 0.3 is 5.97 Å². The molecule has 0 saturated carbocycles. The zero-order chi connectivity index (χ0) is 24.2. The summed E-state index contributed by atoms with van der Waals surface area (Å²) in [5.41, 5.74) is 2.91. The molecule has 2 amide bonds. The molecule has 0 heterocycles. The summed E-state index contributed by atoms with van der Waals surface area (Å²) in [6.45, 7) is 0.270. The van der Waals surface area contributed by atoms with Crippen molar-refractivity contribution in [3.8, 4) is 0 Å². The fraction of sp³-hybridized carbons (Fsp3) is 0.154. The molecular formula is C26H25N3O4S. The van der Waals surface area contributed by atoms with E-state index in [0.717, 1.165) is 5.56 Å². The number of nitrogens with one attached hydrogen (secondary N) is 3. The van der Waals surface area contributed by atoms with Crippen molar-refractivity contribution in [3.63, 3.8) is 0 Å². The quantitative estimate of drug-likeness (QED) is 0.315. The molecule has 3 aromatic carbocycles. The molecule has 0 atom stereocenters. The maximum absolute atomic E-state index is 12.2. The first kappa shape index (κ1) is 24.6. The van der Waals surface area contributed by atoms with Gasteiger partial charge in [0.25, 0.3) is 5.91 Å². The number of anilines is 2. The van der Waals surface area contributed by atoms with Gasteiger partial charge in [0.2, 0.25) is 5.91 Å². The number of carbonyl (C=O) groups excluding carboxylic acids is 3. The Morgan fingerprint density at radius 1 is 0.735 bits per heavy atom. The number of hydrogen-bond acceptors (Lipinski definition) is 5. The minimum absolute atomic E-state index is 0.0287. The van der Waals surface area contributed by atoms with E-state index in [0.29, 0.717) is 23.4 Å². The summed E-state index contributed by atoms with van der Waals surface area (Å²) in [5.74, 6) is -1.02. The highest BCUT2D eigenvalue weighted by Crippen LogP contribution is 2.15. The molecule has 3 rings (SSSR count). The topological polar surface area (TPSA) is 96.5 Å². The summed E-state index contributed by atoms with van der Waals surface area (Å²) >= 11 is 5.15. The highest BCUT2D eigenvalue weighted by molar-refractivity contribution is 7.80. The number of rotatable bonds is 9. The summed E-state index contributed by atoms with van der Waals surface area (Å²) in [6.07, 6.45) is 0.566. The van der Waals surface area contributed by atoms with Gasteiger partial charge in [-0.05, 0) is 54.2 Å². The zero-order valence-electron chi connectivity index (χ0n) is 18.5. The highest BCUT2D eigenvalue weighted by atomic mass is 32.1. The third-order valence-corrected chi connectivity index (χ3v) is 4.95. The Hall–Kier alpha value is -4.04. The van der Waals surface area contributed by atoms with Crippen LogP contribution in [-0.2, 0) is 20.7 Å². The predicted molar refractivity (Wildman–Crippen MR) is 136 cm³/mol. The largest absolute Gasteiger partial charge is 0.465 e. The van der Waals surface area contributed by atoms with Gasteiger partial charge in [-0.1, -0.05) is 48.5 Å². The van der Waals surface area contributed by atoms with Crippen LogP contribution in [-0.4, -0.2) is 29.5 Å². The van der Waals surface area contributed by atoms with Crippen LogP contribution in [0.15, 0.2) is 84.9 Å². The molecule has 3 aromatic rings. The SMILES string of the molecule is O=C(CCC(=O)OCCc1ccccc1)NC(=S)Nc1ccc(NC(=O)c2ccccc2)cc1. The number of amides is 2. The van der Waals surface area contributed by atoms with Gasteiger partial charge in [0.15, 0.2) is 5.11 Å². The number of ether oxygens (including phenoxy) is 1. The van der Waals surface area contributed by atoms with E-state index in [1.54, 1.807) is 48.5 Å². The van der Waals surface area contributed by atoms with Gasteiger partial charge in [-0.3, -0.25) is 14.4 Å². The lowest BCUT2D eigenvalue weighted by molar-refractivity contribution is -0.144. The van der Waals surface area contributed by atoms with Crippen molar-refractivity contribution in [2.45, 2.75) is 19.3 Å². The number of carbonyl (C=O) groups is 3. The van der Waals surface area contributed by atoms with Gasteiger partial charge in [-0.25, -0.2) is 0 Å². The van der Waals surface area contributed by atoms with Crippen LogP contribution < -0.4 is 16.0 Å². The average Bonchev–Trinajstić information content (AvgIpc) is 2.85. The first-order valence-electron chi connectivity index (χ1n) is 10.8. The van der Waals surface area contributed by atoms with E-state index in [-0.39, 0.29) is 36.4 Å². The van der Waals surface area contributed by atoms with E-state index in [2.05, 4.69) is 16.0 Å². The lowest BCUT2D eigenvalue weighted by Crippen LogP contribution is -2.34. The molecule has 0 aliphatic heterocycles. The Morgan fingerprint density at radius 2 is 1.32 bits per heavy atom. The summed E-state index contributed by atoms with van der Waals surface area (Å²) in [5, 5.41) is 8.36. The molecule has 7 nitrogen and oxygen atoms in total. The van der Waals surface area contributed by atoms with Crippen LogP contribution in [0.1, 0.15) is 28.8 Å². The van der Waals surface area contributed by atoms with Crippen molar-refractivity contribution in [2.24, 2.45) is 0 Å². The molecule has 0 aliphatic carbocycles. The average molecular weight is 476 g/mol. The van der Waals surface area contributed by atoms with Gasteiger partial charge in [-0.15, -0.1) is 0 Å². The van der Waals surface area contributed by atoms with Gasteiger partial charge in [0.05, 0.1) is 13.0 Å². The van der Waals surface area contributed by atoms with Crippen molar-refractivity contribution >= 4 is 46.5 Å². The minimum atomic E-state index is -0.432. The second-order valence-electron chi connectivity index (χ2n) is 7.36. The molecule has 3 N–H and O–H groups in total. The molecule has 0 aliphatic rings. The second kappa shape index (κ2) is 12.9. The van der Waals surface area contributed by atoms with Crippen molar-refractivity contribution < 1.29 is 19.1 Å². The molecule has 0 aromatic heterocycles. The van der Waals surface area contributed by atoms with Gasteiger partial charge in [0.1, 0.15) is 0 Å². The van der Waals surface area contributed by atoms with Crippen LogP contribution in [0, 0.1) is 0 Å². The number of thiocarbonyl (C=S) groups is 1. The zero-order valence-corrected chi connectivity index (χ0v) is 19.3. The summed E-state index contributed by atoms with van der Waals surface area (Å²) in [7, 11) is 0. The first-order valence-corrected chi connectivity index (χ1v) is 11.2. The highest BCUT2D eigenvalue weighted by Gasteiger charge is 2.10. The molecule has 0 radical (unpaired) electrons. The van der Waals surface area contributed by atoms with E-state index in [4.69, 9.17) is 17.0 Å².